The molecule has 1 aliphatic heterocycles. The highest BCUT2D eigenvalue weighted by atomic mass is 35.5. The summed E-state index contributed by atoms with van der Waals surface area (Å²) in [6.45, 7) is 3.30. The van der Waals surface area contributed by atoms with Crippen molar-refractivity contribution >= 4 is 24.2 Å². The topological polar surface area (TPSA) is 74.6 Å². The van der Waals surface area contributed by atoms with Gasteiger partial charge in [-0.1, -0.05) is 12.1 Å². The Balaban J connectivity index is 0.00000243. The van der Waals surface area contributed by atoms with Crippen molar-refractivity contribution in [3.63, 3.8) is 0 Å². The summed E-state index contributed by atoms with van der Waals surface area (Å²) < 4.78 is 18.6. The molecule has 2 amide bonds. The summed E-state index contributed by atoms with van der Waals surface area (Å²) in [5, 5.41) is 5.87. The average molecular weight is 382 g/mol. The molecule has 1 fully saturated rings. The number of carbonyl (C=O) groups excluding carboxylic acids is 2. The van der Waals surface area contributed by atoms with Gasteiger partial charge in [-0.3, -0.25) is 9.59 Å². The number of halogens is 2. The minimum atomic E-state index is -0.716. The first-order valence-electron chi connectivity index (χ1n) is 8.17. The van der Waals surface area contributed by atoms with E-state index in [0.717, 1.165) is 5.56 Å². The Morgan fingerprint density at radius 3 is 2.85 bits per heavy atom. The van der Waals surface area contributed by atoms with E-state index in [0.29, 0.717) is 19.6 Å². The Hall–Kier alpha value is -2.38. The second-order valence-corrected chi connectivity index (χ2v) is 5.98. The number of furan rings is 1. The lowest BCUT2D eigenvalue weighted by Gasteiger charge is -2.38. The quantitative estimate of drug-likeness (QED) is 0.850. The number of carbonyl (C=O) groups is 2. The fourth-order valence-corrected chi connectivity index (χ4v) is 2.97. The van der Waals surface area contributed by atoms with Crippen LogP contribution in [0.4, 0.5) is 4.39 Å². The van der Waals surface area contributed by atoms with Crippen LogP contribution in [-0.2, 0) is 4.79 Å². The van der Waals surface area contributed by atoms with Gasteiger partial charge in [0.1, 0.15) is 11.9 Å². The highest BCUT2D eigenvalue weighted by Gasteiger charge is 2.31. The number of amides is 2. The summed E-state index contributed by atoms with van der Waals surface area (Å²) in [5.74, 6) is -0.838. The molecule has 2 atom stereocenters. The minimum absolute atomic E-state index is 0. The molecule has 0 saturated carbocycles. The van der Waals surface area contributed by atoms with Crippen molar-refractivity contribution in [2.45, 2.75) is 19.0 Å². The van der Waals surface area contributed by atoms with Crippen molar-refractivity contribution in [3.05, 3.63) is 59.8 Å². The van der Waals surface area contributed by atoms with Crippen LogP contribution in [0.5, 0.6) is 0 Å². The molecule has 2 heterocycles. The zero-order valence-electron chi connectivity index (χ0n) is 14.3. The van der Waals surface area contributed by atoms with Crippen molar-refractivity contribution in [2.75, 3.05) is 19.6 Å². The molecular weight excluding hydrogens is 361 g/mol. The van der Waals surface area contributed by atoms with Gasteiger partial charge in [0.05, 0.1) is 12.3 Å². The van der Waals surface area contributed by atoms with Gasteiger partial charge in [-0.25, -0.2) is 4.39 Å². The second kappa shape index (κ2) is 8.82. The number of piperazine rings is 1. The molecule has 1 aromatic heterocycles. The Labute approximate surface area is 157 Å². The molecule has 2 N–H and O–H groups in total. The van der Waals surface area contributed by atoms with Crippen LogP contribution in [0.2, 0.25) is 0 Å². The van der Waals surface area contributed by atoms with Gasteiger partial charge in [0.2, 0.25) is 5.91 Å². The number of hydrogen-bond acceptors (Lipinski definition) is 4. The molecule has 1 aliphatic rings. The van der Waals surface area contributed by atoms with Crippen LogP contribution in [0, 0.1) is 5.82 Å². The standard InChI is InChI=1S/C18H20FN3O3.ClH/c1-12(21-17(23)16-6-3-9-25-16)18(24)22-8-7-20-11-15(22)13-4-2-5-14(19)10-13;/h2-6,9-10,12,15,20H,7-8,11H2,1H3,(H,21,23);1H. The summed E-state index contributed by atoms with van der Waals surface area (Å²) in [4.78, 5) is 26.6. The lowest BCUT2D eigenvalue weighted by molar-refractivity contribution is -0.136. The second-order valence-electron chi connectivity index (χ2n) is 5.98. The average Bonchev–Trinajstić information content (AvgIpc) is 3.16. The monoisotopic (exact) mass is 381 g/mol. The number of rotatable bonds is 4. The molecule has 0 bridgehead atoms. The van der Waals surface area contributed by atoms with E-state index in [4.69, 9.17) is 4.42 Å². The molecule has 1 aromatic carbocycles. The van der Waals surface area contributed by atoms with Gasteiger partial charge in [0, 0.05) is 19.6 Å². The Morgan fingerprint density at radius 1 is 1.35 bits per heavy atom. The predicted molar refractivity (Wildman–Crippen MR) is 96.6 cm³/mol. The summed E-state index contributed by atoms with van der Waals surface area (Å²) >= 11 is 0. The van der Waals surface area contributed by atoms with Crippen molar-refractivity contribution < 1.29 is 18.4 Å². The summed E-state index contributed by atoms with van der Waals surface area (Å²) in [6.07, 6.45) is 1.40. The van der Waals surface area contributed by atoms with E-state index in [1.807, 2.05) is 0 Å². The molecule has 0 spiro atoms. The van der Waals surface area contributed by atoms with Gasteiger partial charge in [-0.2, -0.15) is 0 Å². The molecule has 2 unspecified atom stereocenters. The minimum Gasteiger partial charge on any atom is -0.459 e. The SMILES string of the molecule is CC(NC(=O)c1ccco1)C(=O)N1CCNCC1c1cccc(F)c1.Cl. The normalized spacial score (nSPS) is 17.9. The third-order valence-corrected chi connectivity index (χ3v) is 4.22. The molecule has 3 rings (SSSR count). The van der Waals surface area contributed by atoms with Crippen LogP contribution >= 0.6 is 12.4 Å². The van der Waals surface area contributed by atoms with Crippen molar-refractivity contribution in [1.29, 1.82) is 0 Å². The first-order valence-corrected chi connectivity index (χ1v) is 8.17. The van der Waals surface area contributed by atoms with E-state index in [1.165, 1.54) is 24.5 Å². The maximum Gasteiger partial charge on any atom is 0.287 e. The molecule has 2 aromatic rings. The Bertz CT molecular complexity index is 754. The fourth-order valence-electron chi connectivity index (χ4n) is 2.97. The number of hydrogen-bond donors (Lipinski definition) is 2. The zero-order valence-corrected chi connectivity index (χ0v) is 15.1. The Morgan fingerprint density at radius 2 is 2.15 bits per heavy atom. The van der Waals surface area contributed by atoms with Crippen LogP contribution in [0.3, 0.4) is 0 Å². The molecule has 6 nitrogen and oxygen atoms in total. The van der Waals surface area contributed by atoms with Gasteiger partial charge in [-0.15, -0.1) is 12.4 Å². The molecule has 140 valence electrons. The highest BCUT2D eigenvalue weighted by Crippen LogP contribution is 2.23. The maximum atomic E-state index is 13.5. The fraction of sp³-hybridized carbons (Fsp3) is 0.333. The van der Waals surface area contributed by atoms with Crippen LogP contribution in [0.25, 0.3) is 0 Å². The van der Waals surface area contributed by atoms with Crippen molar-refractivity contribution in [1.82, 2.24) is 15.5 Å². The summed E-state index contributed by atoms with van der Waals surface area (Å²) in [5.41, 5.74) is 0.727. The lowest BCUT2D eigenvalue weighted by Crippen LogP contribution is -2.54. The summed E-state index contributed by atoms with van der Waals surface area (Å²) in [6, 6.07) is 8.39. The molecule has 0 radical (unpaired) electrons. The first kappa shape index (κ1) is 19.9. The molecule has 26 heavy (non-hydrogen) atoms. The van der Waals surface area contributed by atoms with Crippen LogP contribution < -0.4 is 10.6 Å². The molecular formula is C18H21ClFN3O3. The van der Waals surface area contributed by atoms with E-state index in [2.05, 4.69) is 10.6 Å². The van der Waals surface area contributed by atoms with E-state index in [9.17, 15) is 14.0 Å². The van der Waals surface area contributed by atoms with E-state index in [1.54, 1.807) is 30.0 Å². The number of nitrogens with one attached hydrogen (secondary N) is 2. The van der Waals surface area contributed by atoms with E-state index in [-0.39, 0.29) is 35.9 Å². The van der Waals surface area contributed by atoms with Crippen LogP contribution in [-0.4, -0.2) is 42.4 Å². The smallest absolute Gasteiger partial charge is 0.287 e. The largest absolute Gasteiger partial charge is 0.459 e. The van der Waals surface area contributed by atoms with Gasteiger partial charge < -0.3 is 20.0 Å². The molecule has 8 heteroatoms. The lowest BCUT2D eigenvalue weighted by atomic mass is 10.0. The van der Waals surface area contributed by atoms with Gasteiger partial charge >= 0.3 is 0 Å². The van der Waals surface area contributed by atoms with Gasteiger partial charge in [0.15, 0.2) is 5.76 Å². The third kappa shape index (κ3) is 4.42. The highest BCUT2D eigenvalue weighted by molar-refractivity contribution is 5.95. The third-order valence-electron chi connectivity index (χ3n) is 4.22. The maximum absolute atomic E-state index is 13.5. The van der Waals surface area contributed by atoms with Gasteiger partial charge in [-0.05, 0) is 36.8 Å². The van der Waals surface area contributed by atoms with Crippen LogP contribution in [0.1, 0.15) is 29.1 Å². The predicted octanol–water partition coefficient (Wildman–Crippen LogP) is 2.13. The summed E-state index contributed by atoms with van der Waals surface area (Å²) in [7, 11) is 0. The first-order chi connectivity index (χ1) is 12.1. The van der Waals surface area contributed by atoms with Gasteiger partial charge in [0.25, 0.3) is 5.91 Å². The number of benzene rings is 1. The Kier molecular flexibility index (Phi) is 6.76. The van der Waals surface area contributed by atoms with Crippen LogP contribution in [0.15, 0.2) is 47.1 Å². The van der Waals surface area contributed by atoms with E-state index >= 15 is 0 Å². The van der Waals surface area contributed by atoms with Crippen molar-refractivity contribution in [2.24, 2.45) is 0 Å². The molecule has 0 aliphatic carbocycles. The van der Waals surface area contributed by atoms with Crippen molar-refractivity contribution in [3.8, 4) is 0 Å². The zero-order chi connectivity index (χ0) is 17.8. The molecule has 1 saturated heterocycles. The number of nitrogens with zero attached hydrogens (tertiary/aromatic N) is 1. The van der Waals surface area contributed by atoms with E-state index < -0.39 is 11.9 Å².